The number of carboxylic acids is 1. The largest absolute Gasteiger partial charge is 0.481 e. The molecule has 0 spiro atoms. The van der Waals surface area contributed by atoms with Gasteiger partial charge < -0.3 is 15.2 Å². The maximum Gasteiger partial charge on any atom is 0.313 e. The van der Waals surface area contributed by atoms with Crippen molar-refractivity contribution in [2.45, 2.75) is 18.7 Å². The summed E-state index contributed by atoms with van der Waals surface area (Å²) in [7, 11) is 0. The molecule has 1 heterocycles. The fraction of sp³-hybridized carbons (Fsp3) is 0.467. The van der Waals surface area contributed by atoms with Gasteiger partial charge in [-0.25, -0.2) is 0 Å². The van der Waals surface area contributed by atoms with E-state index in [4.69, 9.17) is 4.74 Å². The van der Waals surface area contributed by atoms with Gasteiger partial charge in [-0.2, -0.15) is 11.8 Å². The Balaban J connectivity index is 2.05. The maximum absolute atomic E-state index is 12.2. The van der Waals surface area contributed by atoms with Crippen LogP contribution in [0.25, 0.3) is 0 Å². The van der Waals surface area contributed by atoms with Gasteiger partial charge in [0.15, 0.2) is 0 Å². The van der Waals surface area contributed by atoms with Crippen LogP contribution in [0.4, 0.5) is 0 Å². The van der Waals surface area contributed by atoms with E-state index in [-0.39, 0.29) is 19.1 Å². The highest BCUT2D eigenvalue weighted by atomic mass is 32.2. The minimum absolute atomic E-state index is 0.111. The summed E-state index contributed by atoms with van der Waals surface area (Å²) in [4.78, 5) is 23.6. The molecule has 0 aromatic heterocycles. The molecule has 1 aliphatic heterocycles. The van der Waals surface area contributed by atoms with E-state index in [1.807, 2.05) is 18.4 Å². The van der Waals surface area contributed by atoms with Gasteiger partial charge >= 0.3 is 5.97 Å². The number of hydrogen-bond acceptors (Lipinski definition) is 4. The molecule has 0 aliphatic carbocycles. The molecule has 21 heavy (non-hydrogen) atoms. The van der Waals surface area contributed by atoms with Crippen LogP contribution in [0, 0.1) is 5.41 Å². The van der Waals surface area contributed by atoms with Crippen LogP contribution >= 0.6 is 11.8 Å². The van der Waals surface area contributed by atoms with Gasteiger partial charge in [-0.3, -0.25) is 9.59 Å². The standard InChI is InChI=1S/C15H19NO4S/c1-15(14(18)19)9-20-7-12(15)16-13(17)11-5-3-10(4-6-11)8-21-2/h3-6,12H,7-9H2,1-2H3,(H,16,17)(H,18,19). The van der Waals surface area contributed by atoms with Crippen LogP contribution < -0.4 is 5.32 Å². The van der Waals surface area contributed by atoms with Gasteiger partial charge in [0.05, 0.1) is 19.3 Å². The topological polar surface area (TPSA) is 75.6 Å². The molecule has 0 saturated carbocycles. The molecule has 6 heteroatoms. The summed E-state index contributed by atoms with van der Waals surface area (Å²) in [5.74, 6) is -0.329. The fourth-order valence-corrected chi connectivity index (χ4v) is 2.77. The predicted molar refractivity (Wildman–Crippen MR) is 81.5 cm³/mol. The van der Waals surface area contributed by atoms with E-state index in [9.17, 15) is 14.7 Å². The van der Waals surface area contributed by atoms with Gasteiger partial charge in [0, 0.05) is 11.3 Å². The molecule has 1 amide bonds. The molecule has 1 aliphatic rings. The van der Waals surface area contributed by atoms with E-state index in [2.05, 4.69) is 5.32 Å². The summed E-state index contributed by atoms with van der Waals surface area (Å²) in [5.41, 5.74) is 0.604. The highest BCUT2D eigenvalue weighted by Gasteiger charge is 2.47. The van der Waals surface area contributed by atoms with Gasteiger partial charge in [-0.05, 0) is 30.9 Å². The second-order valence-corrected chi connectivity index (χ2v) is 6.26. The van der Waals surface area contributed by atoms with Gasteiger partial charge in [0.25, 0.3) is 5.91 Å². The number of amides is 1. The number of aliphatic carboxylic acids is 1. The molecule has 2 unspecified atom stereocenters. The Hall–Kier alpha value is -1.53. The van der Waals surface area contributed by atoms with Crippen molar-refractivity contribution < 1.29 is 19.4 Å². The summed E-state index contributed by atoms with van der Waals surface area (Å²) >= 11 is 1.72. The SMILES string of the molecule is CSCc1ccc(C(=O)NC2COCC2(C)C(=O)O)cc1. The Morgan fingerprint density at radius 2 is 2.10 bits per heavy atom. The van der Waals surface area contributed by atoms with Gasteiger partial charge in [-0.15, -0.1) is 0 Å². The molecule has 1 fully saturated rings. The first-order chi connectivity index (χ1) is 9.97. The average molecular weight is 309 g/mol. The zero-order valence-electron chi connectivity index (χ0n) is 12.1. The molecule has 114 valence electrons. The lowest BCUT2D eigenvalue weighted by molar-refractivity contribution is -0.148. The van der Waals surface area contributed by atoms with E-state index >= 15 is 0 Å². The zero-order chi connectivity index (χ0) is 15.5. The average Bonchev–Trinajstić information content (AvgIpc) is 2.83. The van der Waals surface area contributed by atoms with Crippen molar-refractivity contribution in [3.8, 4) is 0 Å². The quantitative estimate of drug-likeness (QED) is 0.867. The second-order valence-electron chi connectivity index (χ2n) is 5.39. The Kier molecular flexibility index (Phi) is 4.90. The molecule has 0 bridgehead atoms. The highest BCUT2D eigenvalue weighted by molar-refractivity contribution is 7.97. The predicted octanol–water partition coefficient (Wildman–Crippen LogP) is 1.77. The summed E-state index contributed by atoms with van der Waals surface area (Å²) in [6.07, 6.45) is 2.02. The Bertz CT molecular complexity index is 531. The molecule has 2 rings (SSSR count). The van der Waals surface area contributed by atoms with Crippen LogP contribution in [0.1, 0.15) is 22.8 Å². The van der Waals surface area contributed by atoms with Gasteiger partial charge in [0.2, 0.25) is 0 Å². The van der Waals surface area contributed by atoms with Crippen molar-refractivity contribution in [2.75, 3.05) is 19.5 Å². The lowest BCUT2D eigenvalue weighted by atomic mass is 9.85. The third-order valence-electron chi connectivity index (χ3n) is 3.78. The van der Waals surface area contributed by atoms with E-state index in [0.717, 1.165) is 11.3 Å². The van der Waals surface area contributed by atoms with Crippen molar-refractivity contribution in [1.82, 2.24) is 5.32 Å². The third-order valence-corrected chi connectivity index (χ3v) is 4.40. The molecule has 1 aromatic carbocycles. The van der Waals surface area contributed by atoms with Crippen molar-refractivity contribution >= 4 is 23.6 Å². The van der Waals surface area contributed by atoms with Crippen LogP contribution in [0.2, 0.25) is 0 Å². The molecule has 1 aromatic rings. The van der Waals surface area contributed by atoms with Gasteiger partial charge in [0.1, 0.15) is 5.41 Å². The van der Waals surface area contributed by atoms with Crippen LogP contribution in [0.3, 0.4) is 0 Å². The number of carbonyl (C=O) groups is 2. The lowest BCUT2D eigenvalue weighted by Gasteiger charge is -2.25. The molecule has 0 radical (unpaired) electrons. The molecule has 2 atom stereocenters. The minimum atomic E-state index is -1.07. The smallest absolute Gasteiger partial charge is 0.313 e. The fourth-order valence-electron chi connectivity index (χ4n) is 2.25. The monoisotopic (exact) mass is 309 g/mol. The van der Waals surface area contributed by atoms with Crippen LogP contribution in [-0.2, 0) is 15.3 Å². The summed E-state index contributed by atoms with van der Waals surface area (Å²) in [6.45, 7) is 1.92. The van der Waals surface area contributed by atoms with E-state index in [1.54, 1.807) is 30.8 Å². The minimum Gasteiger partial charge on any atom is -0.481 e. The lowest BCUT2D eigenvalue weighted by Crippen LogP contribution is -2.49. The zero-order valence-corrected chi connectivity index (χ0v) is 12.9. The number of carboxylic acid groups (broad SMARTS) is 1. The number of hydrogen-bond donors (Lipinski definition) is 2. The van der Waals surface area contributed by atoms with Crippen molar-refractivity contribution in [3.63, 3.8) is 0 Å². The van der Waals surface area contributed by atoms with Crippen LogP contribution in [0.15, 0.2) is 24.3 Å². The van der Waals surface area contributed by atoms with Crippen molar-refractivity contribution in [3.05, 3.63) is 35.4 Å². The number of ether oxygens (including phenoxy) is 1. The van der Waals surface area contributed by atoms with Crippen molar-refractivity contribution in [2.24, 2.45) is 5.41 Å². The summed E-state index contributed by atoms with van der Waals surface area (Å²) in [5, 5.41) is 12.1. The van der Waals surface area contributed by atoms with Crippen LogP contribution in [0.5, 0.6) is 0 Å². The number of benzene rings is 1. The number of carbonyl (C=O) groups excluding carboxylic acids is 1. The maximum atomic E-state index is 12.2. The molecule has 1 saturated heterocycles. The summed E-state index contributed by atoms with van der Waals surface area (Å²) in [6, 6.07) is 6.82. The molecular weight excluding hydrogens is 290 g/mol. The molecular formula is C15H19NO4S. The highest BCUT2D eigenvalue weighted by Crippen LogP contribution is 2.29. The summed E-state index contributed by atoms with van der Waals surface area (Å²) < 4.78 is 5.22. The second kappa shape index (κ2) is 6.49. The first kappa shape index (κ1) is 15.9. The molecule has 2 N–H and O–H groups in total. The first-order valence-corrected chi connectivity index (χ1v) is 8.06. The number of rotatable bonds is 5. The van der Waals surface area contributed by atoms with Crippen LogP contribution in [-0.4, -0.2) is 42.5 Å². The van der Waals surface area contributed by atoms with Crippen molar-refractivity contribution in [1.29, 1.82) is 0 Å². The van der Waals surface area contributed by atoms with E-state index < -0.39 is 17.4 Å². The number of nitrogens with one attached hydrogen (secondary N) is 1. The Morgan fingerprint density at radius 1 is 1.43 bits per heavy atom. The van der Waals surface area contributed by atoms with E-state index in [0.29, 0.717) is 5.56 Å². The van der Waals surface area contributed by atoms with E-state index in [1.165, 1.54) is 0 Å². The normalized spacial score (nSPS) is 24.8. The third kappa shape index (κ3) is 3.39. The Morgan fingerprint density at radius 3 is 2.67 bits per heavy atom. The Labute approximate surface area is 128 Å². The number of thioether (sulfide) groups is 1. The van der Waals surface area contributed by atoms with Gasteiger partial charge in [-0.1, -0.05) is 12.1 Å². The first-order valence-electron chi connectivity index (χ1n) is 6.67. The molecule has 5 nitrogen and oxygen atoms in total.